The van der Waals surface area contributed by atoms with E-state index in [1.165, 1.54) is 19.6 Å². The minimum Gasteiger partial charge on any atom is -0.870 e. The maximum atomic E-state index is 2.38. The van der Waals surface area contributed by atoms with Gasteiger partial charge in [0.15, 0.2) is 0 Å². The third-order valence-electron chi connectivity index (χ3n) is 1.34. The van der Waals surface area contributed by atoms with E-state index in [9.17, 15) is 0 Å². The van der Waals surface area contributed by atoms with Crippen molar-refractivity contribution in [2.75, 3.05) is 19.6 Å². The number of rotatable bonds is 3. The van der Waals surface area contributed by atoms with Gasteiger partial charge in [-0.3, -0.25) is 0 Å². The Hall–Kier alpha value is 4.15. The van der Waals surface area contributed by atoms with Crippen LogP contribution in [0.3, 0.4) is 0 Å². The molecule has 0 aliphatic rings. The van der Waals surface area contributed by atoms with Crippen LogP contribution < -0.4 is 103 Å². The summed E-state index contributed by atoms with van der Waals surface area (Å²) in [6.07, 6.45) is 0. The quantitative estimate of drug-likeness (QED) is 0.460. The predicted octanol–water partition coefficient (Wildman–Crippen LogP) is -5.65. The molecule has 0 spiro atoms. The van der Waals surface area contributed by atoms with Crippen LogP contribution >= 0.6 is 0 Å². The molecule has 0 bridgehead atoms. The summed E-state index contributed by atoms with van der Waals surface area (Å²) >= 11 is 0. The Morgan fingerprint density at radius 3 is 0.917 bits per heavy atom. The van der Waals surface area contributed by atoms with Crippen LogP contribution in [0.1, 0.15) is 20.8 Å². The Morgan fingerprint density at radius 2 is 0.917 bits per heavy atom. The van der Waals surface area contributed by atoms with Crippen LogP contribution in [-0.2, 0) is 0 Å². The summed E-state index contributed by atoms with van der Waals surface area (Å²) in [5.41, 5.74) is 0. The Bertz CT molecular complexity index is 45.0. The van der Waals surface area contributed by atoms with Gasteiger partial charge in [-0.15, -0.1) is 0 Å². The van der Waals surface area contributed by atoms with Crippen LogP contribution in [-0.4, -0.2) is 65.0 Å². The van der Waals surface area contributed by atoms with Gasteiger partial charge < -0.3 is 15.9 Å². The first-order chi connectivity index (χ1) is 3.35. The van der Waals surface area contributed by atoms with Crippen molar-refractivity contribution in [2.24, 2.45) is 0 Å². The summed E-state index contributed by atoms with van der Waals surface area (Å²) in [6, 6.07) is 0. The molecule has 0 heterocycles. The molecule has 0 fully saturated rings. The molecule has 6 heteroatoms. The monoisotopic (exact) mass is 237 g/mol. The maximum Gasteiger partial charge on any atom is -0.870 e. The summed E-state index contributed by atoms with van der Waals surface area (Å²) in [5.74, 6) is 0. The van der Waals surface area contributed by atoms with Gasteiger partial charge in [-0.25, -0.2) is 0 Å². The average Bonchev–Trinajstić information content (AvgIpc) is 1.72. The minimum atomic E-state index is 0. The molecule has 3 nitrogen and oxygen atoms in total. The van der Waals surface area contributed by atoms with Crippen molar-refractivity contribution < 1.29 is 114 Å². The second kappa shape index (κ2) is 29.4. The molecule has 0 rings (SSSR count). The van der Waals surface area contributed by atoms with Gasteiger partial charge in [-0.05, 0) is 19.6 Å². The Kier molecular flexibility index (Phi) is 88.3. The van der Waals surface area contributed by atoms with E-state index in [4.69, 9.17) is 0 Å². The van der Waals surface area contributed by atoms with E-state index < -0.39 is 0 Å². The Morgan fingerprint density at radius 1 is 0.750 bits per heavy atom. The van der Waals surface area contributed by atoms with Gasteiger partial charge >= 0.3 is 132 Å². The van der Waals surface area contributed by atoms with Crippen LogP contribution in [0, 0.1) is 0 Å². The second-order valence-electron chi connectivity index (χ2n) is 1.62. The topological polar surface area (TPSA) is 63.2 Å². The van der Waals surface area contributed by atoms with E-state index in [0.717, 1.165) is 0 Å². The van der Waals surface area contributed by atoms with Gasteiger partial charge in [-0.1, -0.05) is 20.8 Å². The van der Waals surface area contributed by atoms with Crippen LogP contribution in [0.5, 0.6) is 0 Å². The van der Waals surface area contributed by atoms with E-state index in [-0.39, 0.29) is 143 Å². The zero-order valence-corrected chi connectivity index (χ0v) is 14.7. The van der Waals surface area contributed by atoms with Gasteiger partial charge in [0.05, 0.1) is 0 Å². The zero-order chi connectivity index (χ0) is 5.70. The molecule has 0 aliphatic heterocycles. The van der Waals surface area contributed by atoms with Crippen LogP contribution in [0.25, 0.3) is 0 Å². The van der Waals surface area contributed by atoms with Gasteiger partial charge in [0, 0.05) is 0 Å². The van der Waals surface area contributed by atoms with E-state index in [2.05, 4.69) is 25.7 Å². The van der Waals surface area contributed by atoms with Crippen molar-refractivity contribution >= 4 is 29.6 Å². The summed E-state index contributed by atoms with van der Waals surface area (Å²) in [6.45, 7) is 10.1. The molecule has 0 aliphatic carbocycles. The van der Waals surface area contributed by atoms with Gasteiger partial charge in [0.2, 0.25) is 0 Å². The molecule has 0 radical (unpaired) electrons. The molecule has 0 saturated carbocycles. The molecular weight excluding hydrogens is 219 g/mol. The van der Waals surface area contributed by atoms with Crippen molar-refractivity contribution in [3.63, 3.8) is 0 Å². The molecule has 0 amide bonds. The Labute approximate surface area is 184 Å². The van der Waals surface area contributed by atoms with Crippen molar-refractivity contribution in [3.8, 4) is 0 Å². The summed E-state index contributed by atoms with van der Waals surface area (Å²) in [5, 5.41) is 0. The fourth-order valence-electron chi connectivity index (χ4n) is 0.671. The third kappa shape index (κ3) is 23.8. The normalized spacial score (nSPS) is 6.00. The van der Waals surface area contributed by atoms with Gasteiger partial charge in [-0.2, -0.15) is 0 Å². The first-order valence-electron chi connectivity index (χ1n) is 3.07. The minimum absolute atomic E-state index is 0. The average molecular weight is 237 g/mol. The van der Waals surface area contributed by atoms with Crippen molar-refractivity contribution in [1.82, 2.24) is 4.90 Å². The van der Waals surface area contributed by atoms with E-state index >= 15 is 0 Å². The second-order valence-corrected chi connectivity index (χ2v) is 1.62. The summed E-state index contributed by atoms with van der Waals surface area (Å²) < 4.78 is 0. The molecule has 2 N–H and O–H groups in total. The standard InChI is InChI=1S/C6H15N.2K.Na.2H2O.H/c1-4-7(5-2)6-3;;;;;;/h4-6H2,1-3H3;;;;2*1H2;/q;2*+1;;;;/p-2. The first kappa shape index (κ1) is 36.0. The van der Waals surface area contributed by atoms with Gasteiger partial charge in [0.25, 0.3) is 0 Å². The molecule has 0 aromatic carbocycles. The van der Waals surface area contributed by atoms with E-state index in [1.807, 2.05) is 0 Å². The fourth-order valence-corrected chi connectivity index (χ4v) is 0.671. The van der Waals surface area contributed by atoms with Crippen molar-refractivity contribution in [3.05, 3.63) is 0 Å². The fraction of sp³-hybridized carbons (Fsp3) is 1.00. The largest absolute Gasteiger partial charge is 0.870 e. The Balaban J connectivity index is -0.0000000180. The van der Waals surface area contributed by atoms with Crippen molar-refractivity contribution in [1.29, 1.82) is 0 Å². The number of nitrogens with zero attached hydrogens (tertiary/aromatic N) is 1. The number of hydrogen-bond donors (Lipinski definition) is 0. The number of hydrogen-bond acceptors (Lipinski definition) is 3. The third-order valence-corrected chi connectivity index (χ3v) is 1.34. The molecule has 62 valence electrons. The van der Waals surface area contributed by atoms with Crippen LogP contribution in [0.4, 0.5) is 0 Å². The van der Waals surface area contributed by atoms with Gasteiger partial charge in [0.1, 0.15) is 0 Å². The molecule has 0 unspecified atom stereocenters. The van der Waals surface area contributed by atoms with Crippen molar-refractivity contribution in [2.45, 2.75) is 20.8 Å². The smallest absolute Gasteiger partial charge is 0.870 e. The maximum absolute atomic E-state index is 2.38. The first-order valence-corrected chi connectivity index (χ1v) is 3.07. The van der Waals surface area contributed by atoms with Crippen LogP contribution in [0.15, 0.2) is 0 Å². The molecule has 12 heavy (non-hydrogen) atoms. The van der Waals surface area contributed by atoms with Crippen LogP contribution in [0.2, 0.25) is 0 Å². The SMILES string of the molecule is CCN(CC)CC.[K+].[K+].[NaH].[OH-].[OH-]. The summed E-state index contributed by atoms with van der Waals surface area (Å²) in [4.78, 5) is 2.38. The molecule has 0 aromatic heterocycles. The predicted molar refractivity (Wildman–Crippen MR) is 44.5 cm³/mol. The molecule has 0 aromatic rings. The molecule has 0 saturated heterocycles. The summed E-state index contributed by atoms with van der Waals surface area (Å²) in [7, 11) is 0. The molecule has 0 atom stereocenters. The molecular formula is C6H18K2NNaO2. The zero-order valence-electron chi connectivity index (χ0n) is 8.46. The van der Waals surface area contributed by atoms with E-state index in [0.29, 0.717) is 0 Å². The van der Waals surface area contributed by atoms with E-state index in [1.54, 1.807) is 0 Å².